The summed E-state index contributed by atoms with van der Waals surface area (Å²) in [5.74, 6) is 1.73. The van der Waals surface area contributed by atoms with Crippen molar-refractivity contribution in [3.63, 3.8) is 0 Å². The van der Waals surface area contributed by atoms with Gasteiger partial charge in [-0.1, -0.05) is 33.6 Å². The molecule has 4 heteroatoms. The van der Waals surface area contributed by atoms with Crippen molar-refractivity contribution in [1.82, 2.24) is 10.2 Å². The summed E-state index contributed by atoms with van der Waals surface area (Å²) in [6.07, 6.45) is 5.34. The van der Waals surface area contributed by atoms with E-state index in [9.17, 15) is 4.79 Å². The molecule has 0 aromatic heterocycles. The van der Waals surface area contributed by atoms with E-state index in [-0.39, 0.29) is 12.4 Å². The van der Waals surface area contributed by atoms with Gasteiger partial charge in [0.15, 0.2) is 0 Å². The van der Waals surface area contributed by atoms with E-state index in [1.165, 1.54) is 12.8 Å². The SMILES string of the molecule is CCNCC1CCN(C(=O)CC(CC)CC)CC1.Cl. The number of carbonyl (C=O) groups is 1. The quantitative estimate of drug-likeness (QED) is 0.781. The highest BCUT2D eigenvalue weighted by Crippen LogP contribution is 2.20. The number of hydrogen-bond donors (Lipinski definition) is 1. The molecule has 1 N–H and O–H groups in total. The Morgan fingerprint density at radius 2 is 1.79 bits per heavy atom. The standard InChI is InChI=1S/C15H30N2O.ClH/c1-4-13(5-2)11-15(18)17-9-7-14(8-10-17)12-16-6-3;/h13-14,16H,4-12H2,1-3H3;1H. The number of rotatable bonds is 7. The van der Waals surface area contributed by atoms with Gasteiger partial charge in [0.2, 0.25) is 5.91 Å². The molecule has 1 rings (SSSR count). The third-order valence-corrected chi connectivity index (χ3v) is 4.27. The minimum atomic E-state index is 0. The molecule has 1 aliphatic rings. The van der Waals surface area contributed by atoms with Crippen LogP contribution in [0.1, 0.15) is 52.9 Å². The number of carbonyl (C=O) groups excluding carboxylic acids is 1. The summed E-state index contributed by atoms with van der Waals surface area (Å²) in [7, 11) is 0. The van der Waals surface area contributed by atoms with Crippen molar-refractivity contribution in [2.45, 2.75) is 52.9 Å². The van der Waals surface area contributed by atoms with Crippen LogP contribution >= 0.6 is 12.4 Å². The monoisotopic (exact) mass is 290 g/mol. The lowest BCUT2D eigenvalue weighted by Crippen LogP contribution is -2.41. The zero-order valence-corrected chi connectivity index (χ0v) is 13.6. The van der Waals surface area contributed by atoms with Crippen LogP contribution in [0.25, 0.3) is 0 Å². The number of hydrogen-bond acceptors (Lipinski definition) is 2. The molecule has 0 bridgehead atoms. The Labute approximate surface area is 124 Å². The molecule has 3 nitrogen and oxygen atoms in total. The molecule has 114 valence electrons. The second-order valence-corrected chi connectivity index (χ2v) is 5.52. The summed E-state index contributed by atoms with van der Waals surface area (Å²) in [6.45, 7) is 10.6. The smallest absolute Gasteiger partial charge is 0.222 e. The van der Waals surface area contributed by atoms with Gasteiger partial charge < -0.3 is 10.2 Å². The minimum Gasteiger partial charge on any atom is -0.343 e. The van der Waals surface area contributed by atoms with E-state index in [2.05, 4.69) is 31.0 Å². The first kappa shape index (κ1) is 18.7. The van der Waals surface area contributed by atoms with Crippen molar-refractivity contribution in [2.75, 3.05) is 26.2 Å². The number of halogens is 1. The van der Waals surface area contributed by atoms with Crippen LogP contribution in [0.5, 0.6) is 0 Å². The predicted octanol–water partition coefficient (Wildman–Crippen LogP) is 3.08. The summed E-state index contributed by atoms with van der Waals surface area (Å²) in [6, 6.07) is 0. The van der Waals surface area contributed by atoms with Crippen LogP contribution in [0.2, 0.25) is 0 Å². The lowest BCUT2D eigenvalue weighted by Gasteiger charge is -2.33. The molecular weight excluding hydrogens is 260 g/mol. The van der Waals surface area contributed by atoms with Gasteiger partial charge in [-0.05, 0) is 37.8 Å². The highest BCUT2D eigenvalue weighted by atomic mass is 35.5. The van der Waals surface area contributed by atoms with Crippen LogP contribution < -0.4 is 5.32 Å². The predicted molar refractivity (Wildman–Crippen MR) is 83.8 cm³/mol. The lowest BCUT2D eigenvalue weighted by atomic mass is 9.94. The van der Waals surface area contributed by atoms with Gasteiger partial charge in [-0.2, -0.15) is 0 Å². The third kappa shape index (κ3) is 6.62. The van der Waals surface area contributed by atoms with Gasteiger partial charge in [0.05, 0.1) is 0 Å². The van der Waals surface area contributed by atoms with Crippen molar-refractivity contribution in [2.24, 2.45) is 11.8 Å². The molecule has 0 aliphatic carbocycles. The van der Waals surface area contributed by atoms with Gasteiger partial charge in [0.1, 0.15) is 0 Å². The van der Waals surface area contributed by atoms with Gasteiger partial charge in [0, 0.05) is 19.5 Å². The van der Waals surface area contributed by atoms with Gasteiger partial charge in [-0.3, -0.25) is 4.79 Å². The zero-order valence-electron chi connectivity index (χ0n) is 12.8. The molecule has 0 aromatic carbocycles. The second kappa shape index (κ2) is 10.5. The van der Waals surface area contributed by atoms with E-state index in [0.717, 1.165) is 51.4 Å². The summed E-state index contributed by atoms with van der Waals surface area (Å²) in [5.41, 5.74) is 0. The van der Waals surface area contributed by atoms with E-state index in [1.807, 2.05) is 0 Å². The molecule has 0 saturated carbocycles. The maximum Gasteiger partial charge on any atom is 0.222 e. The third-order valence-electron chi connectivity index (χ3n) is 4.27. The number of nitrogens with one attached hydrogen (secondary N) is 1. The van der Waals surface area contributed by atoms with Crippen LogP contribution in [0.3, 0.4) is 0 Å². The first-order valence-electron chi connectivity index (χ1n) is 7.69. The number of nitrogens with zero attached hydrogens (tertiary/aromatic N) is 1. The first-order valence-corrected chi connectivity index (χ1v) is 7.69. The normalized spacial score (nSPS) is 16.5. The fourth-order valence-electron chi connectivity index (χ4n) is 2.69. The summed E-state index contributed by atoms with van der Waals surface area (Å²) in [5, 5.41) is 3.41. The van der Waals surface area contributed by atoms with Gasteiger partial charge in [-0.25, -0.2) is 0 Å². The molecule has 19 heavy (non-hydrogen) atoms. The van der Waals surface area contributed by atoms with Crippen LogP contribution in [0.15, 0.2) is 0 Å². The maximum atomic E-state index is 12.2. The van der Waals surface area contributed by atoms with Gasteiger partial charge in [-0.15, -0.1) is 12.4 Å². The molecule has 0 aromatic rings. The van der Waals surface area contributed by atoms with Crippen molar-refractivity contribution < 1.29 is 4.79 Å². The van der Waals surface area contributed by atoms with Crippen molar-refractivity contribution in [1.29, 1.82) is 0 Å². The Hall–Kier alpha value is -0.280. The average Bonchev–Trinajstić information content (AvgIpc) is 2.42. The van der Waals surface area contributed by atoms with Crippen molar-refractivity contribution >= 4 is 18.3 Å². The second-order valence-electron chi connectivity index (χ2n) is 5.52. The minimum absolute atomic E-state index is 0. The van der Waals surface area contributed by atoms with E-state index < -0.39 is 0 Å². The fourth-order valence-corrected chi connectivity index (χ4v) is 2.69. The molecule has 0 unspecified atom stereocenters. The van der Waals surface area contributed by atoms with Crippen LogP contribution in [-0.2, 0) is 4.79 Å². The Bertz CT molecular complexity index is 236. The molecule has 1 fully saturated rings. The van der Waals surface area contributed by atoms with Crippen molar-refractivity contribution in [3.05, 3.63) is 0 Å². The zero-order chi connectivity index (χ0) is 13.4. The van der Waals surface area contributed by atoms with E-state index in [0.29, 0.717) is 11.8 Å². The average molecular weight is 291 g/mol. The molecule has 1 amide bonds. The number of likely N-dealkylation sites (tertiary alicyclic amines) is 1. The summed E-state index contributed by atoms with van der Waals surface area (Å²) >= 11 is 0. The Morgan fingerprint density at radius 1 is 1.21 bits per heavy atom. The number of piperidine rings is 1. The fraction of sp³-hybridized carbons (Fsp3) is 0.933. The van der Waals surface area contributed by atoms with Gasteiger partial charge in [0.25, 0.3) is 0 Å². The van der Waals surface area contributed by atoms with Gasteiger partial charge >= 0.3 is 0 Å². The highest BCUT2D eigenvalue weighted by molar-refractivity contribution is 5.85. The Kier molecular flexibility index (Phi) is 10.3. The molecule has 1 aliphatic heterocycles. The van der Waals surface area contributed by atoms with Crippen molar-refractivity contribution in [3.8, 4) is 0 Å². The maximum absolute atomic E-state index is 12.2. The molecule has 0 atom stereocenters. The number of amides is 1. The van der Waals surface area contributed by atoms with Crippen LogP contribution in [-0.4, -0.2) is 37.0 Å². The van der Waals surface area contributed by atoms with Crippen LogP contribution in [0.4, 0.5) is 0 Å². The van der Waals surface area contributed by atoms with E-state index in [1.54, 1.807) is 0 Å². The van der Waals surface area contributed by atoms with E-state index >= 15 is 0 Å². The molecular formula is C15H31ClN2O. The first-order chi connectivity index (χ1) is 8.71. The highest BCUT2D eigenvalue weighted by Gasteiger charge is 2.23. The lowest BCUT2D eigenvalue weighted by molar-refractivity contribution is -0.133. The summed E-state index contributed by atoms with van der Waals surface area (Å²) < 4.78 is 0. The largest absolute Gasteiger partial charge is 0.343 e. The molecule has 0 radical (unpaired) electrons. The molecule has 0 spiro atoms. The molecule has 1 heterocycles. The summed E-state index contributed by atoms with van der Waals surface area (Å²) in [4.78, 5) is 14.2. The van der Waals surface area contributed by atoms with E-state index in [4.69, 9.17) is 0 Å². The topological polar surface area (TPSA) is 32.3 Å². The Balaban J connectivity index is 0.00000324. The van der Waals surface area contributed by atoms with Crippen LogP contribution in [0, 0.1) is 11.8 Å². The molecule has 1 saturated heterocycles. The Morgan fingerprint density at radius 3 is 2.26 bits per heavy atom.